The van der Waals surface area contributed by atoms with E-state index in [1.54, 1.807) is 11.8 Å². The van der Waals surface area contributed by atoms with Crippen molar-refractivity contribution < 1.29 is 0 Å². The molecule has 0 saturated carbocycles. The highest BCUT2D eigenvalue weighted by molar-refractivity contribution is 7.99. The highest BCUT2D eigenvalue weighted by Crippen LogP contribution is 2.51. The van der Waals surface area contributed by atoms with Crippen molar-refractivity contribution in [3.05, 3.63) is 162 Å². The van der Waals surface area contributed by atoms with Crippen LogP contribution < -0.4 is 0 Å². The predicted molar refractivity (Wildman–Crippen MR) is 194 cm³/mol. The van der Waals surface area contributed by atoms with E-state index in [4.69, 9.17) is 15.0 Å². The van der Waals surface area contributed by atoms with Crippen molar-refractivity contribution in [1.82, 2.24) is 15.0 Å². The molecule has 228 valence electrons. The third-order valence-electron chi connectivity index (χ3n) is 9.04. The van der Waals surface area contributed by atoms with Crippen molar-refractivity contribution in [2.24, 2.45) is 0 Å². The van der Waals surface area contributed by atoms with Crippen molar-refractivity contribution in [3.63, 3.8) is 0 Å². The second-order valence-corrected chi connectivity index (χ2v) is 13.5. The van der Waals surface area contributed by atoms with Crippen LogP contribution in [-0.4, -0.2) is 15.0 Å². The first kappa shape index (κ1) is 29.6. The highest BCUT2D eigenvalue weighted by Gasteiger charge is 2.35. The maximum absolute atomic E-state index is 9.87. The predicted octanol–water partition coefficient (Wildman–Crippen LogP) is 10.9. The molecule has 0 atom stereocenters. The van der Waals surface area contributed by atoms with Gasteiger partial charge in [-0.05, 0) is 57.6 Å². The molecule has 2 heterocycles. The fraction of sp³-hybridized carbons (Fsp3) is 0.0698. The third-order valence-corrected chi connectivity index (χ3v) is 10.2. The molecule has 0 spiro atoms. The first-order valence-corrected chi connectivity index (χ1v) is 16.7. The summed E-state index contributed by atoms with van der Waals surface area (Å²) < 4.78 is 0. The Morgan fingerprint density at radius 3 is 1.50 bits per heavy atom. The monoisotopic (exact) mass is 634 g/mol. The molecule has 8 rings (SSSR count). The summed E-state index contributed by atoms with van der Waals surface area (Å²) in [7, 11) is 0. The summed E-state index contributed by atoms with van der Waals surface area (Å²) in [6, 6.07) is 52.3. The number of aromatic nitrogens is 3. The van der Waals surface area contributed by atoms with Crippen LogP contribution in [0.5, 0.6) is 0 Å². The molecule has 0 saturated heterocycles. The lowest BCUT2D eigenvalue weighted by Gasteiger charge is -2.35. The van der Waals surface area contributed by atoms with Gasteiger partial charge in [0.1, 0.15) is 0 Å². The number of hydrogen-bond acceptors (Lipinski definition) is 5. The van der Waals surface area contributed by atoms with Crippen molar-refractivity contribution >= 4 is 11.8 Å². The van der Waals surface area contributed by atoms with Crippen LogP contribution in [0, 0.1) is 11.3 Å². The summed E-state index contributed by atoms with van der Waals surface area (Å²) in [5.41, 5.74) is 10.1. The third kappa shape index (κ3) is 5.37. The van der Waals surface area contributed by atoms with Gasteiger partial charge in [0.05, 0.1) is 11.6 Å². The highest BCUT2D eigenvalue weighted by atomic mass is 32.2. The molecule has 0 fully saturated rings. The Labute approximate surface area is 284 Å². The molecule has 0 bridgehead atoms. The van der Waals surface area contributed by atoms with Gasteiger partial charge in [-0.25, -0.2) is 15.0 Å². The minimum atomic E-state index is -0.299. The molecule has 0 radical (unpaired) electrons. The standard InChI is InChI=1S/C43H30N4S/c1-43(2)36-26-34(24-25-37(36)48-38-15-9-14-35(27-44)39(38)43)30-18-22-33(23-19-30)42-46-40(31-12-7-4-8-13-31)45-41(47-42)32-20-16-29(17-21-32)28-10-5-3-6-11-28/h3-26H,1-2H3. The number of nitriles is 1. The minimum Gasteiger partial charge on any atom is -0.208 e. The molecule has 0 unspecified atom stereocenters. The van der Waals surface area contributed by atoms with Crippen LogP contribution in [0.25, 0.3) is 56.4 Å². The molecule has 0 amide bonds. The minimum absolute atomic E-state index is 0.299. The lowest BCUT2D eigenvalue weighted by atomic mass is 9.75. The maximum atomic E-state index is 9.87. The molecule has 48 heavy (non-hydrogen) atoms. The Morgan fingerprint density at radius 2 is 0.938 bits per heavy atom. The summed E-state index contributed by atoms with van der Waals surface area (Å²) in [4.78, 5) is 17.2. The van der Waals surface area contributed by atoms with Gasteiger partial charge in [0, 0.05) is 31.9 Å². The molecular weight excluding hydrogens is 605 g/mol. The zero-order valence-corrected chi connectivity index (χ0v) is 27.4. The Kier molecular flexibility index (Phi) is 7.44. The first-order valence-electron chi connectivity index (χ1n) is 15.9. The molecule has 7 aromatic rings. The van der Waals surface area contributed by atoms with E-state index < -0.39 is 0 Å². The van der Waals surface area contributed by atoms with Gasteiger partial charge < -0.3 is 0 Å². The van der Waals surface area contributed by atoms with Gasteiger partial charge in [0.15, 0.2) is 17.5 Å². The smallest absolute Gasteiger partial charge is 0.164 e. The van der Waals surface area contributed by atoms with E-state index in [-0.39, 0.29) is 5.41 Å². The molecule has 1 aliphatic heterocycles. The summed E-state index contributed by atoms with van der Waals surface area (Å²) in [5, 5.41) is 9.87. The van der Waals surface area contributed by atoms with Gasteiger partial charge in [-0.2, -0.15) is 5.26 Å². The molecule has 0 aliphatic carbocycles. The van der Waals surface area contributed by atoms with E-state index >= 15 is 0 Å². The van der Waals surface area contributed by atoms with Crippen molar-refractivity contribution in [2.45, 2.75) is 29.1 Å². The van der Waals surface area contributed by atoms with Crippen LogP contribution in [-0.2, 0) is 5.41 Å². The van der Waals surface area contributed by atoms with E-state index in [1.165, 1.54) is 16.0 Å². The van der Waals surface area contributed by atoms with E-state index in [0.717, 1.165) is 49.4 Å². The van der Waals surface area contributed by atoms with Gasteiger partial charge in [0.2, 0.25) is 0 Å². The molecule has 6 aromatic carbocycles. The van der Waals surface area contributed by atoms with Crippen LogP contribution in [0.4, 0.5) is 0 Å². The molecular formula is C43H30N4S. The fourth-order valence-corrected chi connectivity index (χ4v) is 7.91. The van der Waals surface area contributed by atoms with Crippen LogP contribution in [0.15, 0.2) is 155 Å². The first-order chi connectivity index (χ1) is 23.5. The van der Waals surface area contributed by atoms with Crippen LogP contribution >= 0.6 is 11.8 Å². The average Bonchev–Trinajstić information content (AvgIpc) is 3.15. The van der Waals surface area contributed by atoms with E-state index in [2.05, 4.69) is 117 Å². The second-order valence-electron chi connectivity index (χ2n) is 12.4. The van der Waals surface area contributed by atoms with Gasteiger partial charge in [-0.3, -0.25) is 0 Å². The van der Waals surface area contributed by atoms with Crippen LogP contribution in [0.3, 0.4) is 0 Å². The Bertz CT molecular complexity index is 2320. The van der Waals surface area contributed by atoms with Gasteiger partial charge in [-0.1, -0.05) is 147 Å². The number of hydrogen-bond donors (Lipinski definition) is 0. The maximum Gasteiger partial charge on any atom is 0.164 e. The van der Waals surface area contributed by atoms with Crippen molar-refractivity contribution in [2.75, 3.05) is 0 Å². The quantitative estimate of drug-likeness (QED) is 0.188. The van der Waals surface area contributed by atoms with E-state index in [0.29, 0.717) is 17.5 Å². The van der Waals surface area contributed by atoms with Crippen LogP contribution in [0.1, 0.15) is 30.5 Å². The molecule has 5 heteroatoms. The van der Waals surface area contributed by atoms with E-state index in [1.807, 2.05) is 48.5 Å². The summed E-state index contributed by atoms with van der Waals surface area (Å²) in [5.74, 6) is 1.90. The number of fused-ring (bicyclic) bond motifs is 2. The molecule has 1 aromatic heterocycles. The normalized spacial score (nSPS) is 12.9. The summed E-state index contributed by atoms with van der Waals surface area (Å²) in [6.45, 7) is 4.44. The molecule has 4 nitrogen and oxygen atoms in total. The van der Waals surface area contributed by atoms with Crippen molar-refractivity contribution in [1.29, 1.82) is 5.26 Å². The van der Waals surface area contributed by atoms with Crippen LogP contribution in [0.2, 0.25) is 0 Å². The SMILES string of the molecule is CC1(C)c2cc(-c3ccc(-c4nc(-c5ccccc5)nc(-c5ccc(-c6ccccc6)cc5)n4)cc3)ccc2Sc2cccc(C#N)c21. The number of rotatable bonds is 5. The van der Waals surface area contributed by atoms with Crippen molar-refractivity contribution in [3.8, 4) is 62.5 Å². The zero-order valence-electron chi connectivity index (χ0n) is 26.6. The second kappa shape index (κ2) is 12.1. The Morgan fingerprint density at radius 1 is 0.479 bits per heavy atom. The largest absolute Gasteiger partial charge is 0.208 e. The number of nitrogens with zero attached hydrogens (tertiary/aromatic N) is 4. The lowest BCUT2D eigenvalue weighted by molar-refractivity contribution is 0.605. The van der Waals surface area contributed by atoms with Gasteiger partial charge >= 0.3 is 0 Å². The van der Waals surface area contributed by atoms with Gasteiger partial charge in [-0.15, -0.1) is 0 Å². The topological polar surface area (TPSA) is 62.5 Å². The fourth-order valence-electron chi connectivity index (χ4n) is 6.50. The zero-order chi connectivity index (χ0) is 32.7. The lowest BCUT2D eigenvalue weighted by Crippen LogP contribution is -2.25. The Balaban J connectivity index is 1.15. The van der Waals surface area contributed by atoms with E-state index in [9.17, 15) is 5.26 Å². The Hall–Kier alpha value is -5.83. The summed E-state index contributed by atoms with van der Waals surface area (Å²) in [6.07, 6.45) is 0. The molecule has 1 aliphatic rings. The average molecular weight is 635 g/mol. The molecule has 0 N–H and O–H groups in total. The number of benzene rings is 6. The van der Waals surface area contributed by atoms with Gasteiger partial charge in [0.25, 0.3) is 0 Å². The summed E-state index contributed by atoms with van der Waals surface area (Å²) >= 11 is 1.74.